The summed E-state index contributed by atoms with van der Waals surface area (Å²) in [7, 11) is 0. The third-order valence-electron chi connectivity index (χ3n) is 2.13. The molecule has 1 atom stereocenters. The van der Waals surface area contributed by atoms with E-state index in [2.05, 4.69) is 25.5 Å². The first-order valence-electron chi connectivity index (χ1n) is 5.13. The van der Waals surface area contributed by atoms with Crippen LogP contribution in [0, 0.1) is 0 Å². The van der Waals surface area contributed by atoms with E-state index in [1.807, 2.05) is 13.8 Å². The molecule has 0 aliphatic heterocycles. The van der Waals surface area contributed by atoms with Gasteiger partial charge in [0.2, 0.25) is 5.89 Å². The molecule has 84 valence electrons. The lowest BCUT2D eigenvalue weighted by atomic mass is 10.3. The highest BCUT2D eigenvalue weighted by Crippen LogP contribution is 2.18. The van der Waals surface area contributed by atoms with Crippen LogP contribution in [-0.4, -0.2) is 26.7 Å². The smallest absolute Gasteiger partial charge is 0.250 e. The van der Waals surface area contributed by atoms with E-state index in [-0.39, 0.29) is 6.04 Å². The van der Waals surface area contributed by atoms with Crippen LogP contribution in [0.5, 0.6) is 0 Å². The van der Waals surface area contributed by atoms with Gasteiger partial charge in [-0.1, -0.05) is 6.92 Å². The van der Waals surface area contributed by atoms with Crippen molar-refractivity contribution >= 4 is 0 Å². The van der Waals surface area contributed by atoms with Crippen LogP contribution in [0.2, 0.25) is 0 Å². The summed E-state index contributed by atoms with van der Waals surface area (Å²) in [5.41, 5.74) is 0.727. The molecule has 0 fully saturated rings. The second kappa shape index (κ2) is 4.80. The minimum Gasteiger partial charge on any atom is -0.419 e. The predicted molar refractivity (Wildman–Crippen MR) is 57.4 cm³/mol. The molecule has 1 N–H and O–H groups in total. The van der Waals surface area contributed by atoms with Gasteiger partial charge in [0, 0.05) is 12.4 Å². The maximum absolute atomic E-state index is 5.52. The van der Waals surface area contributed by atoms with Gasteiger partial charge in [-0.05, 0) is 13.5 Å². The zero-order chi connectivity index (χ0) is 11.4. The molecular weight excluding hydrogens is 206 g/mol. The van der Waals surface area contributed by atoms with Crippen molar-refractivity contribution in [1.82, 2.24) is 25.5 Å². The van der Waals surface area contributed by atoms with E-state index in [1.165, 1.54) is 6.33 Å². The molecular formula is C10H13N5O. The maximum atomic E-state index is 5.52. The summed E-state index contributed by atoms with van der Waals surface area (Å²) in [5, 5.41) is 11.1. The van der Waals surface area contributed by atoms with Gasteiger partial charge in [0.1, 0.15) is 6.33 Å². The third kappa shape index (κ3) is 2.22. The van der Waals surface area contributed by atoms with E-state index in [4.69, 9.17) is 4.42 Å². The molecule has 6 heteroatoms. The number of nitrogens with zero attached hydrogens (tertiary/aromatic N) is 4. The zero-order valence-corrected chi connectivity index (χ0v) is 9.21. The monoisotopic (exact) mass is 219 g/mol. The number of rotatable bonds is 4. The van der Waals surface area contributed by atoms with Crippen LogP contribution in [0.3, 0.4) is 0 Å². The minimum atomic E-state index is 0.0517. The molecule has 2 aromatic heterocycles. The highest BCUT2D eigenvalue weighted by atomic mass is 16.4. The topological polar surface area (TPSA) is 76.7 Å². The second-order valence-corrected chi connectivity index (χ2v) is 3.35. The average Bonchev–Trinajstić information content (AvgIpc) is 2.80. The van der Waals surface area contributed by atoms with E-state index in [0.717, 1.165) is 12.1 Å². The second-order valence-electron chi connectivity index (χ2n) is 3.35. The van der Waals surface area contributed by atoms with Crippen LogP contribution in [0.1, 0.15) is 25.8 Å². The van der Waals surface area contributed by atoms with Crippen molar-refractivity contribution in [2.75, 3.05) is 6.54 Å². The average molecular weight is 219 g/mol. The first-order valence-corrected chi connectivity index (χ1v) is 5.13. The van der Waals surface area contributed by atoms with Gasteiger partial charge in [0.25, 0.3) is 5.89 Å². The van der Waals surface area contributed by atoms with Crippen LogP contribution in [0.15, 0.2) is 23.1 Å². The first kappa shape index (κ1) is 10.7. The molecule has 0 aliphatic rings. The summed E-state index contributed by atoms with van der Waals surface area (Å²) < 4.78 is 5.52. The molecule has 0 aliphatic carbocycles. The Hall–Kier alpha value is -1.82. The lowest BCUT2D eigenvalue weighted by Crippen LogP contribution is -2.17. The van der Waals surface area contributed by atoms with E-state index >= 15 is 0 Å². The molecule has 2 heterocycles. The summed E-state index contributed by atoms with van der Waals surface area (Å²) in [6.45, 7) is 4.86. The molecule has 2 aromatic rings. The zero-order valence-electron chi connectivity index (χ0n) is 9.21. The fourth-order valence-corrected chi connectivity index (χ4v) is 1.33. The fourth-order valence-electron chi connectivity index (χ4n) is 1.33. The Morgan fingerprint density at radius 1 is 1.31 bits per heavy atom. The highest BCUT2D eigenvalue weighted by Gasteiger charge is 2.13. The molecule has 0 bridgehead atoms. The van der Waals surface area contributed by atoms with Gasteiger partial charge < -0.3 is 9.73 Å². The third-order valence-corrected chi connectivity index (χ3v) is 2.13. The minimum absolute atomic E-state index is 0.0517. The van der Waals surface area contributed by atoms with E-state index in [1.54, 1.807) is 12.4 Å². The maximum Gasteiger partial charge on any atom is 0.250 e. The number of nitrogens with one attached hydrogen (secondary N) is 1. The molecule has 1 unspecified atom stereocenters. The van der Waals surface area contributed by atoms with Crippen LogP contribution >= 0.6 is 0 Å². The van der Waals surface area contributed by atoms with Crippen molar-refractivity contribution in [3.8, 4) is 11.5 Å². The summed E-state index contributed by atoms with van der Waals surface area (Å²) in [6, 6.07) is 0.0517. The van der Waals surface area contributed by atoms with Crippen molar-refractivity contribution in [1.29, 1.82) is 0 Å². The van der Waals surface area contributed by atoms with E-state index in [9.17, 15) is 0 Å². The van der Waals surface area contributed by atoms with Gasteiger partial charge in [0.05, 0.1) is 11.6 Å². The Kier molecular flexibility index (Phi) is 3.21. The quantitative estimate of drug-likeness (QED) is 0.832. The largest absolute Gasteiger partial charge is 0.419 e. The summed E-state index contributed by atoms with van der Waals surface area (Å²) in [5.74, 6) is 1.01. The number of aromatic nitrogens is 4. The van der Waals surface area contributed by atoms with Crippen molar-refractivity contribution in [2.24, 2.45) is 0 Å². The number of hydrogen-bond donors (Lipinski definition) is 1. The van der Waals surface area contributed by atoms with Gasteiger partial charge in [-0.15, -0.1) is 10.2 Å². The Bertz CT molecular complexity index is 441. The van der Waals surface area contributed by atoms with Crippen LogP contribution in [0.4, 0.5) is 0 Å². The van der Waals surface area contributed by atoms with Crippen LogP contribution in [-0.2, 0) is 0 Å². The lowest BCUT2D eigenvalue weighted by molar-refractivity contribution is 0.429. The predicted octanol–water partition coefficient (Wildman–Crippen LogP) is 1.20. The summed E-state index contributed by atoms with van der Waals surface area (Å²) >= 11 is 0. The van der Waals surface area contributed by atoms with Crippen molar-refractivity contribution in [3.63, 3.8) is 0 Å². The standard InChI is InChI=1S/C10H13N5O/c1-3-13-7(2)9-14-15-10(16-9)8-4-11-6-12-5-8/h4-7,13H,3H2,1-2H3. The van der Waals surface area contributed by atoms with Crippen molar-refractivity contribution in [2.45, 2.75) is 19.9 Å². The summed E-state index contributed by atoms with van der Waals surface area (Å²) in [6.07, 6.45) is 4.74. The Balaban J connectivity index is 2.20. The Labute approximate surface area is 93.1 Å². The van der Waals surface area contributed by atoms with Crippen molar-refractivity contribution in [3.05, 3.63) is 24.6 Å². The van der Waals surface area contributed by atoms with Gasteiger partial charge in [-0.3, -0.25) is 0 Å². The normalized spacial score (nSPS) is 12.6. The number of hydrogen-bond acceptors (Lipinski definition) is 6. The van der Waals surface area contributed by atoms with E-state index < -0.39 is 0 Å². The van der Waals surface area contributed by atoms with Gasteiger partial charge in [0.15, 0.2) is 0 Å². The molecule has 6 nitrogen and oxygen atoms in total. The van der Waals surface area contributed by atoms with Crippen molar-refractivity contribution < 1.29 is 4.42 Å². The fraction of sp³-hybridized carbons (Fsp3) is 0.400. The molecule has 16 heavy (non-hydrogen) atoms. The summed E-state index contributed by atoms with van der Waals surface area (Å²) in [4.78, 5) is 7.79. The molecule has 0 amide bonds. The van der Waals surface area contributed by atoms with Gasteiger partial charge >= 0.3 is 0 Å². The van der Waals surface area contributed by atoms with Gasteiger partial charge in [-0.25, -0.2) is 9.97 Å². The molecule has 0 saturated heterocycles. The van der Waals surface area contributed by atoms with E-state index in [0.29, 0.717) is 11.8 Å². The molecule has 0 spiro atoms. The molecule has 2 rings (SSSR count). The lowest BCUT2D eigenvalue weighted by Gasteiger charge is -2.05. The molecule has 0 aromatic carbocycles. The highest BCUT2D eigenvalue weighted by molar-refractivity contribution is 5.48. The Morgan fingerprint density at radius 3 is 2.75 bits per heavy atom. The van der Waals surface area contributed by atoms with Crippen LogP contribution in [0.25, 0.3) is 11.5 Å². The molecule has 0 radical (unpaired) electrons. The Morgan fingerprint density at radius 2 is 2.06 bits per heavy atom. The molecule has 0 saturated carbocycles. The first-order chi connectivity index (χ1) is 7.81. The SMILES string of the molecule is CCNC(C)c1nnc(-c2cncnc2)o1. The van der Waals surface area contributed by atoms with Crippen LogP contribution < -0.4 is 5.32 Å². The van der Waals surface area contributed by atoms with Gasteiger partial charge in [-0.2, -0.15) is 0 Å².